The van der Waals surface area contributed by atoms with Crippen LogP contribution in [0.3, 0.4) is 0 Å². The number of rotatable bonds is 8. The standard InChI is InChI=1S/C35H46F3N5O3/c1-43(21-23-6-10-33(11-7-23)14-16-39-17-15-33)22-34(45)12-8-24(9-13-34)27-18-25-19-29(30(46-2)20-28(25)40-27)42-32(44)26-4-3-5-31(41-26)35(36,37)38/h3-5,18-20,23-24,27,39,45H,6-17,21-22H2,1-2H3,(H,42,44). The molecule has 1 spiro atoms. The van der Waals surface area contributed by atoms with Crippen LogP contribution in [-0.2, 0) is 6.18 Å². The minimum atomic E-state index is -4.65. The van der Waals surface area contributed by atoms with E-state index in [2.05, 4.69) is 33.6 Å². The Morgan fingerprint density at radius 2 is 1.80 bits per heavy atom. The number of nitrogens with one attached hydrogen (secondary N) is 2. The lowest BCUT2D eigenvalue weighted by Crippen LogP contribution is -2.47. The smallest absolute Gasteiger partial charge is 0.433 e. The summed E-state index contributed by atoms with van der Waals surface area (Å²) in [6.45, 7) is 4.06. The summed E-state index contributed by atoms with van der Waals surface area (Å²) in [7, 11) is 3.62. The molecule has 6 rings (SSSR count). The highest BCUT2D eigenvalue weighted by Crippen LogP contribution is 2.45. The number of alkyl halides is 3. The van der Waals surface area contributed by atoms with Crippen molar-refractivity contribution in [3.05, 3.63) is 52.3 Å². The number of ether oxygens (including phenoxy) is 1. The number of nitrogens with zero attached hydrogens (tertiary/aromatic N) is 3. The van der Waals surface area contributed by atoms with E-state index in [0.29, 0.717) is 29.3 Å². The van der Waals surface area contributed by atoms with Crippen LogP contribution in [0.5, 0.6) is 5.75 Å². The van der Waals surface area contributed by atoms with Crippen molar-refractivity contribution >= 4 is 17.7 Å². The van der Waals surface area contributed by atoms with E-state index >= 15 is 0 Å². The summed E-state index contributed by atoms with van der Waals surface area (Å²) >= 11 is 0. The molecule has 0 bridgehead atoms. The van der Waals surface area contributed by atoms with Gasteiger partial charge in [0.1, 0.15) is 17.1 Å². The van der Waals surface area contributed by atoms with Crippen LogP contribution < -0.4 is 25.9 Å². The van der Waals surface area contributed by atoms with Gasteiger partial charge in [-0.05, 0) is 120 Å². The van der Waals surface area contributed by atoms with Gasteiger partial charge in [0.15, 0.2) is 0 Å². The number of piperidine rings is 1. The predicted octanol–water partition coefficient (Wildman–Crippen LogP) is 4.56. The average Bonchev–Trinajstić information content (AvgIpc) is 3.45. The molecule has 3 fully saturated rings. The Balaban J connectivity index is 1.04. The first-order valence-corrected chi connectivity index (χ1v) is 16.7. The van der Waals surface area contributed by atoms with Gasteiger partial charge in [-0.1, -0.05) is 12.1 Å². The van der Waals surface area contributed by atoms with Gasteiger partial charge in [-0.25, -0.2) is 4.98 Å². The Bertz CT molecular complexity index is 1520. The zero-order valence-electron chi connectivity index (χ0n) is 26.8. The van der Waals surface area contributed by atoms with Crippen LogP contribution in [0.4, 0.5) is 18.9 Å². The van der Waals surface area contributed by atoms with E-state index in [9.17, 15) is 23.1 Å². The molecule has 2 aromatic rings. The van der Waals surface area contributed by atoms with Crippen molar-refractivity contribution in [3.63, 3.8) is 0 Å². The van der Waals surface area contributed by atoms with Crippen molar-refractivity contribution in [2.75, 3.05) is 45.7 Å². The molecule has 1 aromatic carbocycles. The van der Waals surface area contributed by atoms with Crippen molar-refractivity contribution in [1.29, 1.82) is 0 Å². The molecule has 1 aromatic heterocycles. The Hall–Kier alpha value is -3.02. The number of aliphatic hydroxyl groups is 1. The van der Waals surface area contributed by atoms with Gasteiger partial charge in [0, 0.05) is 24.4 Å². The number of carbonyl (C=O) groups is 1. The molecule has 1 atom stereocenters. The first kappa shape index (κ1) is 32.9. The Labute approximate surface area is 268 Å². The highest BCUT2D eigenvalue weighted by Gasteiger charge is 2.39. The lowest BCUT2D eigenvalue weighted by molar-refractivity contribution is -0.141. The van der Waals surface area contributed by atoms with Crippen molar-refractivity contribution in [2.45, 2.75) is 82.0 Å². The van der Waals surface area contributed by atoms with Gasteiger partial charge in [-0.15, -0.1) is 0 Å². The number of likely N-dealkylation sites (N-methyl/N-ethyl adjacent to an activating group) is 1. The van der Waals surface area contributed by atoms with Gasteiger partial charge >= 0.3 is 6.18 Å². The third kappa shape index (κ3) is 7.42. The molecule has 1 amide bonds. The molecule has 2 aliphatic carbocycles. The molecule has 1 saturated heterocycles. The van der Waals surface area contributed by atoms with Crippen LogP contribution in [0, 0.1) is 17.3 Å². The minimum Gasteiger partial charge on any atom is -0.494 e. The number of hydrogen-bond acceptors (Lipinski definition) is 7. The number of carbonyl (C=O) groups excluding carboxylic acids is 1. The Morgan fingerprint density at radius 3 is 2.48 bits per heavy atom. The van der Waals surface area contributed by atoms with E-state index in [1.807, 2.05) is 0 Å². The fourth-order valence-corrected chi connectivity index (χ4v) is 8.24. The lowest BCUT2D eigenvalue weighted by Gasteiger charge is -2.44. The maximum absolute atomic E-state index is 13.1. The number of benzene rings is 1. The number of hydrogen-bond donors (Lipinski definition) is 3. The predicted molar refractivity (Wildman–Crippen MR) is 170 cm³/mol. The monoisotopic (exact) mass is 641 g/mol. The molecule has 4 aliphatic rings. The normalized spacial score (nSPS) is 26.3. The van der Waals surface area contributed by atoms with E-state index in [1.165, 1.54) is 51.7 Å². The fourth-order valence-electron chi connectivity index (χ4n) is 8.24. The van der Waals surface area contributed by atoms with Crippen LogP contribution in [0.15, 0.2) is 35.3 Å². The molecule has 46 heavy (non-hydrogen) atoms. The van der Waals surface area contributed by atoms with E-state index in [-0.39, 0.29) is 17.7 Å². The molecule has 250 valence electrons. The van der Waals surface area contributed by atoms with Gasteiger partial charge < -0.3 is 25.4 Å². The SMILES string of the molecule is COc1cc2c(cc1NC(=O)c1cccc(C(F)(F)F)n1)=CC(C1CCC(O)(CN(C)CC3CCC4(CCNCC4)CC3)CC1)N=2. The first-order valence-electron chi connectivity index (χ1n) is 16.7. The van der Waals surface area contributed by atoms with Crippen LogP contribution in [0.1, 0.15) is 80.4 Å². The van der Waals surface area contributed by atoms with Crippen molar-refractivity contribution in [2.24, 2.45) is 22.2 Å². The molecule has 1 unspecified atom stereocenters. The minimum absolute atomic E-state index is 0.0531. The van der Waals surface area contributed by atoms with E-state index in [4.69, 9.17) is 9.73 Å². The zero-order valence-corrected chi connectivity index (χ0v) is 26.8. The highest BCUT2D eigenvalue weighted by molar-refractivity contribution is 6.03. The van der Waals surface area contributed by atoms with Gasteiger partial charge in [0.05, 0.1) is 29.8 Å². The van der Waals surface area contributed by atoms with Gasteiger partial charge in [0.25, 0.3) is 5.91 Å². The summed E-state index contributed by atoms with van der Waals surface area (Å²) < 4.78 is 44.8. The number of aromatic nitrogens is 1. The molecular formula is C35H46F3N5O3. The fraction of sp³-hybridized carbons (Fsp3) is 0.629. The number of amides is 1. The molecule has 2 aliphatic heterocycles. The van der Waals surface area contributed by atoms with Gasteiger partial charge in [-0.2, -0.15) is 13.2 Å². The first-order chi connectivity index (χ1) is 21.9. The van der Waals surface area contributed by atoms with Crippen molar-refractivity contribution in [3.8, 4) is 5.75 Å². The molecule has 8 nitrogen and oxygen atoms in total. The summed E-state index contributed by atoms with van der Waals surface area (Å²) in [5.74, 6) is 0.600. The summed E-state index contributed by atoms with van der Waals surface area (Å²) in [6.07, 6.45) is 8.53. The number of anilines is 1. The van der Waals surface area contributed by atoms with Crippen molar-refractivity contribution < 1.29 is 27.8 Å². The van der Waals surface area contributed by atoms with Crippen LogP contribution in [0.2, 0.25) is 0 Å². The number of methoxy groups -OCH3 is 1. The largest absolute Gasteiger partial charge is 0.494 e. The third-order valence-electron chi connectivity index (χ3n) is 10.9. The Morgan fingerprint density at radius 1 is 1.09 bits per heavy atom. The van der Waals surface area contributed by atoms with E-state index in [1.54, 1.807) is 12.1 Å². The van der Waals surface area contributed by atoms with E-state index < -0.39 is 23.4 Å². The quantitative estimate of drug-likeness (QED) is 0.391. The Kier molecular flexibility index (Phi) is 9.47. The third-order valence-corrected chi connectivity index (χ3v) is 10.9. The average molecular weight is 642 g/mol. The highest BCUT2D eigenvalue weighted by atomic mass is 19.4. The van der Waals surface area contributed by atoms with E-state index in [0.717, 1.165) is 68.0 Å². The second-order valence-corrected chi connectivity index (χ2v) is 14.2. The van der Waals surface area contributed by atoms with Crippen LogP contribution in [0.25, 0.3) is 6.08 Å². The molecule has 11 heteroatoms. The lowest BCUT2D eigenvalue weighted by atomic mass is 9.65. The maximum atomic E-state index is 13.1. The topological polar surface area (TPSA) is 99.1 Å². The molecule has 0 radical (unpaired) electrons. The summed E-state index contributed by atoms with van der Waals surface area (Å²) in [6, 6.07) is 6.66. The molecular weight excluding hydrogens is 595 g/mol. The number of halogens is 3. The second-order valence-electron chi connectivity index (χ2n) is 14.2. The van der Waals surface area contributed by atoms with Crippen LogP contribution in [-0.4, -0.2) is 72.9 Å². The zero-order chi connectivity index (χ0) is 32.5. The molecule has 2 saturated carbocycles. The second kappa shape index (κ2) is 13.2. The summed E-state index contributed by atoms with van der Waals surface area (Å²) in [5.41, 5.74) is -1.25. The number of fused-ring (bicyclic) bond motifs is 1. The summed E-state index contributed by atoms with van der Waals surface area (Å²) in [5, 5.41) is 19.3. The van der Waals surface area contributed by atoms with Gasteiger partial charge in [-0.3, -0.25) is 9.79 Å². The van der Waals surface area contributed by atoms with Crippen molar-refractivity contribution in [1.82, 2.24) is 15.2 Å². The summed E-state index contributed by atoms with van der Waals surface area (Å²) in [4.78, 5) is 23.6. The molecule has 3 heterocycles. The maximum Gasteiger partial charge on any atom is 0.433 e. The molecule has 3 N–H and O–H groups in total. The van der Waals surface area contributed by atoms with Gasteiger partial charge in [0.2, 0.25) is 0 Å². The van der Waals surface area contributed by atoms with Crippen LogP contribution >= 0.6 is 0 Å². The number of pyridine rings is 1.